The molecule has 25 heavy (non-hydrogen) atoms. The zero-order valence-corrected chi connectivity index (χ0v) is 15.1. The molecule has 0 aliphatic carbocycles. The normalized spacial score (nSPS) is 12.3. The van der Waals surface area contributed by atoms with E-state index < -0.39 is 6.10 Å². The van der Waals surface area contributed by atoms with Gasteiger partial charge in [0.2, 0.25) is 5.91 Å². The first-order valence-corrected chi connectivity index (χ1v) is 8.98. The highest BCUT2D eigenvalue weighted by Gasteiger charge is 2.16. The Hall–Kier alpha value is -2.24. The molecule has 0 spiro atoms. The van der Waals surface area contributed by atoms with Crippen molar-refractivity contribution >= 4 is 27.3 Å². The van der Waals surface area contributed by atoms with Gasteiger partial charge in [-0.1, -0.05) is 30.3 Å². The van der Waals surface area contributed by atoms with Crippen molar-refractivity contribution in [3.05, 3.63) is 70.9 Å². The summed E-state index contributed by atoms with van der Waals surface area (Å²) in [5.41, 5.74) is 1.53. The summed E-state index contributed by atoms with van der Waals surface area (Å²) < 4.78 is 20.8. The summed E-state index contributed by atoms with van der Waals surface area (Å²) in [5, 5.41) is 2.92. The predicted molar refractivity (Wildman–Crippen MR) is 99.1 cm³/mol. The molecular weight excluding hydrogens is 337 g/mol. The minimum atomic E-state index is -0.488. The molecule has 2 aromatic carbocycles. The van der Waals surface area contributed by atoms with E-state index in [0.29, 0.717) is 12.1 Å². The van der Waals surface area contributed by atoms with Crippen molar-refractivity contribution in [3.8, 4) is 0 Å². The van der Waals surface area contributed by atoms with Crippen LogP contribution in [0.2, 0.25) is 0 Å². The predicted octanol–water partition coefficient (Wildman–Crippen LogP) is 4.78. The van der Waals surface area contributed by atoms with Crippen molar-refractivity contribution in [2.75, 3.05) is 13.7 Å². The number of fused-ring (bicyclic) bond motifs is 1. The summed E-state index contributed by atoms with van der Waals surface area (Å²) in [5.74, 6) is -0.430. The number of carbonyl (C=O) groups excluding carboxylic acids is 1. The lowest BCUT2D eigenvalue weighted by Gasteiger charge is -2.19. The van der Waals surface area contributed by atoms with Crippen LogP contribution in [-0.4, -0.2) is 24.5 Å². The molecule has 130 valence electrons. The SMILES string of the molecule is CC(OCC(=O)N(C)Cc1ccccc1)c1cc2ccsc2cc1F. The van der Waals surface area contributed by atoms with Crippen molar-refractivity contribution in [3.63, 3.8) is 0 Å². The maximum Gasteiger partial charge on any atom is 0.248 e. The molecule has 1 aromatic heterocycles. The van der Waals surface area contributed by atoms with Crippen LogP contribution in [0.25, 0.3) is 10.1 Å². The maximum atomic E-state index is 14.2. The van der Waals surface area contributed by atoms with Crippen LogP contribution in [-0.2, 0) is 16.1 Å². The van der Waals surface area contributed by atoms with E-state index in [2.05, 4.69) is 0 Å². The van der Waals surface area contributed by atoms with Gasteiger partial charge in [0, 0.05) is 23.9 Å². The van der Waals surface area contributed by atoms with Gasteiger partial charge >= 0.3 is 0 Å². The van der Waals surface area contributed by atoms with Crippen LogP contribution < -0.4 is 0 Å². The fraction of sp³-hybridized carbons (Fsp3) is 0.250. The Kier molecular flexibility index (Phi) is 5.46. The molecule has 1 amide bonds. The summed E-state index contributed by atoms with van der Waals surface area (Å²) in [7, 11) is 1.74. The molecule has 0 aliphatic rings. The van der Waals surface area contributed by atoms with Crippen molar-refractivity contribution in [2.45, 2.75) is 19.6 Å². The Morgan fingerprint density at radius 3 is 2.76 bits per heavy atom. The number of benzene rings is 2. The average molecular weight is 357 g/mol. The molecule has 3 rings (SSSR count). The topological polar surface area (TPSA) is 29.5 Å². The van der Waals surface area contributed by atoms with Gasteiger partial charge in [-0.25, -0.2) is 4.39 Å². The van der Waals surface area contributed by atoms with Gasteiger partial charge in [0.15, 0.2) is 0 Å². The molecule has 0 fully saturated rings. The summed E-state index contributed by atoms with van der Waals surface area (Å²) in [6, 6.07) is 15.0. The minimum absolute atomic E-state index is 0.0778. The number of thiophene rings is 1. The van der Waals surface area contributed by atoms with Gasteiger partial charge in [-0.15, -0.1) is 11.3 Å². The smallest absolute Gasteiger partial charge is 0.248 e. The summed E-state index contributed by atoms with van der Waals surface area (Å²) >= 11 is 1.50. The number of amides is 1. The lowest BCUT2D eigenvalue weighted by atomic mass is 10.1. The van der Waals surface area contributed by atoms with E-state index in [1.165, 1.54) is 17.4 Å². The largest absolute Gasteiger partial charge is 0.364 e. The lowest BCUT2D eigenvalue weighted by molar-refractivity contribution is -0.137. The van der Waals surface area contributed by atoms with Crippen LogP contribution in [0, 0.1) is 5.82 Å². The molecule has 0 saturated carbocycles. The van der Waals surface area contributed by atoms with Crippen LogP contribution in [0.1, 0.15) is 24.2 Å². The third-order valence-electron chi connectivity index (χ3n) is 4.15. The van der Waals surface area contributed by atoms with Gasteiger partial charge in [0.25, 0.3) is 0 Å². The molecule has 1 unspecified atom stereocenters. The zero-order valence-electron chi connectivity index (χ0n) is 14.2. The number of hydrogen-bond donors (Lipinski definition) is 0. The first-order chi connectivity index (χ1) is 12.0. The second-order valence-electron chi connectivity index (χ2n) is 6.02. The lowest BCUT2D eigenvalue weighted by Crippen LogP contribution is -2.30. The van der Waals surface area contributed by atoms with Crippen LogP contribution in [0.5, 0.6) is 0 Å². The maximum absolute atomic E-state index is 14.2. The molecule has 0 aliphatic heterocycles. The Bertz CT molecular complexity index is 863. The van der Waals surface area contributed by atoms with Gasteiger partial charge in [0.05, 0.1) is 6.10 Å². The van der Waals surface area contributed by atoms with Gasteiger partial charge in [0.1, 0.15) is 12.4 Å². The number of halogens is 1. The van der Waals surface area contributed by atoms with Crippen molar-refractivity contribution in [2.24, 2.45) is 0 Å². The fourth-order valence-corrected chi connectivity index (χ4v) is 3.45. The highest BCUT2D eigenvalue weighted by molar-refractivity contribution is 7.17. The molecular formula is C20H20FNO2S. The second-order valence-corrected chi connectivity index (χ2v) is 6.97. The standard InChI is InChI=1S/C20H20FNO2S/c1-14(17-10-16-8-9-25-19(16)11-18(17)21)24-13-20(23)22(2)12-15-6-4-3-5-7-15/h3-11,14H,12-13H2,1-2H3. The molecule has 0 bridgehead atoms. The quantitative estimate of drug-likeness (QED) is 0.636. The van der Waals surface area contributed by atoms with Gasteiger partial charge in [-0.2, -0.15) is 0 Å². The second kappa shape index (κ2) is 7.76. The summed E-state index contributed by atoms with van der Waals surface area (Å²) in [6.45, 7) is 2.21. The highest BCUT2D eigenvalue weighted by Crippen LogP contribution is 2.28. The van der Waals surface area contributed by atoms with Gasteiger partial charge < -0.3 is 9.64 Å². The number of nitrogens with zero attached hydrogens (tertiary/aromatic N) is 1. The summed E-state index contributed by atoms with van der Waals surface area (Å²) in [6.07, 6.45) is -0.488. The third-order valence-corrected chi connectivity index (χ3v) is 5.03. The average Bonchev–Trinajstić information content (AvgIpc) is 3.06. The number of likely N-dealkylation sites (N-methyl/N-ethyl adjacent to an activating group) is 1. The Morgan fingerprint density at radius 1 is 1.24 bits per heavy atom. The molecule has 1 heterocycles. The highest BCUT2D eigenvalue weighted by atomic mass is 32.1. The Balaban J connectivity index is 1.59. The minimum Gasteiger partial charge on any atom is -0.364 e. The number of ether oxygens (including phenoxy) is 1. The van der Waals surface area contributed by atoms with E-state index >= 15 is 0 Å². The van der Waals surface area contributed by atoms with Crippen molar-refractivity contribution in [1.29, 1.82) is 0 Å². The van der Waals surface area contributed by atoms with E-state index in [9.17, 15) is 9.18 Å². The Morgan fingerprint density at radius 2 is 2.00 bits per heavy atom. The van der Waals surface area contributed by atoms with E-state index in [1.54, 1.807) is 24.9 Å². The van der Waals surface area contributed by atoms with E-state index in [-0.39, 0.29) is 18.3 Å². The molecule has 0 N–H and O–H groups in total. The zero-order chi connectivity index (χ0) is 17.8. The molecule has 5 heteroatoms. The van der Waals surface area contributed by atoms with Gasteiger partial charge in [-0.3, -0.25) is 4.79 Å². The number of hydrogen-bond acceptors (Lipinski definition) is 3. The monoisotopic (exact) mass is 357 g/mol. The number of carbonyl (C=O) groups is 1. The molecule has 1 atom stereocenters. The van der Waals surface area contributed by atoms with Crippen molar-refractivity contribution in [1.82, 2.24) is 4.90 Å². The molecule has 0 saturated heterocycles. The molecule has 3 aromatic rings. The molecule has 0 radical (unpaired) electrons. The van der Waals surface area contributed by atoms with E-state index in [0.717, 1.165) is 15.6 Å². The van der Waals surface area contributed by atoms with E-state index in [1.807, 2.05) is 41.8 Å². The van der Waals surface area contributed by atoms with Crippen LogP contribution in [0.15, 0.2) is 53.9 Å². The van der Waals surface area contributed by atoms with Crippen molar-refractivity contribution < 1.29 is 13.9 Å². The molecule has 3 nitrogen and oxygen atoms in total. The van der Waals surface area contributed by atoms with Crippen LogP contribution in [0.4, 0.5) is 4.39 Å². The first kappa shape index (κ1) is 17.6. The third kappa shape index (κ3) is 4.24. The van der Waals surface area contributed by atoms with E-state index in [4.69, 9.17) is 4.74 Å². The Labute approximate surface area is 150 Å². The van der Waals surface area contributed by atoms with Crippen LogP contribution in [0.3, 0.4) is 0 Å². The summed E-state index contributed by atoms with van der Waals surface area (Å²) in [4.78, 5) is 13.9. The van der Waals surface area contributed by atoms with Gasteiger partial charge in [-0.05, 0) is 41.5 Å². The number of rotatable bonds is 6. The van der Waals surface area contributed by atoms with Crippen LogP contribution >= 0.6 is 11.3 Å². The fourth-order valence-electron chi connectivity index (χ4n) is 2.66. The first-order valence-electron chi connectivity index (χ1n) is 8.10.